The van der Waals surface area contributed by atoms with Crippen LogP contribution in [-0.2, 0) is 14.4 Å². The zero-order valence-electron chi connectivity index (χ0n) is 19.9. The van der Waals surface area contributed by atoms with Crippen LogP contribution in [0.3, 0.4) is 0 Å². The Kier molecular flexibility index (Phi) is 8.65. The summed E-state index contributed by atoms with van der Waals surface area (Å²) in [7, 11) is 0. The van der Waals surface area contributed by atoms with Gasteiger partial charge in [0.15, 0.2) is 0 Å². The van der Waals surface area contributed by atoms with E-state index in [9.17, 15) is 19.5 Å². The highest BCUT2D eigenvalue weighted by atomic mass is 16.4. The van der Waals surface area contributed by atoms with E-state index in [0.29, 0.717) is 11.8 Å². The van der Waals surface area contributed by atoms with Gasteiger partial charge in [0.05, 0.1) is 18.5 Å². The second-order valence-corrected chi connectivity index (χ2v) is 10.1. The van der Waals surface area contributed by atoms with Gasteiger partial charge < -0.3 is 16.2 Å². The third-order valence-corrected chi connectivity index (χ3v) is 7.86. The van der Waals surface area contributed by atoms with Gasteiger partial charge in [-0.25, -0.2) is 5.84 Å². The van der Waals surface area contributed by atoms with Crippen LogP contribution in [0.1, 0.15) is 66.2 Å². The zero-order valence-corrected chi connectivity index (χ0v) is 19.9. The fourth-order valence-corrected chi connectivity index (χ4v) is 5.90. The normalized spacial score (nSPS) is 31.1. The number of carbonyl (C=O) groups is 3. The van der Waals surface area contributed by atoms with E-state index in [-0.39, 0.29) is 30.3 Å². The molecule has 3 rings (SSSR count). The molecule has 0 radical (unpaired) electrons. The molecule has 3 aliphatic carbocycles. The van der Waals surface area contributed by atoms with Crippen LogP contribution in [0.2, 0.25) is 0 Å². The fourth-order valence-electron chi connectivity index (χ4n) is 5.90. The molecule has 4 atom stereocenters. The molecule has 1 fully saturated rings. The van der Waals surface area contributed by atoms with E-state index in [0.717, 1.165) is 19.3 Å². The smallest absolute Gasteiger partial charge is 0.309 e. The lowest BCUT2D eigenvalue weighted by molar-refractivity contribution is -0.162. The number of rotatable bonds is 5. The van der Waals surface area contributed by atoms with Crippen LogP contribution in [0, 0.1) is 28.6 Å². The number of fused-ring (bicyclic) bond motifs is 3. The molecule has 2 amide bonds. The molecular weight excluding hydrogens is 408 g/mol. The molecular formula is C24H40N4O4. The molecule has 32 heavy (non-hydrogen) atoms. The Morgan fingerprint density at radius 2 is 1.91 bits per heavy atom. The van der Waals surface area contributed by atoms with Crippen LogP contribution >= 0.6 is 0 Å². The Hall–Kier alpha value is -2.19. The molecule has 0 spiro atoms. The average Bonchev–Trinajstić information content (AvgIpc) is 2.76. The van der Waals surface area contributed by atoms with E-state index < -0.39 is 17.3 Å². The van der Waals surface area contributed by atoms with Crippen LogP contribution in [0.25, 0.3) is 0 Å². The van der Waals surface area contributed by atoms with Crippen molar-refractivity contribution in [3.63, 3.8) is 0 Å². The quantitative estimate of drug-likeness (QED) is 0.247. The van der Waals surface area contributed by atoms with E-state index in [2.05, 4.69) is 38.2 Å². The van der Waals surface area contributed by atoms with Crippen molar-refractivity contribution in [1.29, 1.82) is 0 Å². The third-order valence-electron chi connectivity index (χ3n) is 7.86. The van der Waals surface area contributed by atoms with Crippen molar-refractivity contribution in [3.8, 4) is 0 Å². The lowest BCUT2D eigenvalue weighted by Gasteiger charge is -2.57. The second kappa shape index (κ2) is 10.6. The first-order chi connectivity index (χ1) is 15.0. The summed E-state index contributed by atoms with van der Waals surface area (Å²) >= 11 is 0. The molecule has 0 bridgehead atoms. The van der Waals surface area contributed by atoms with Crippen molar-refractivity contribution >= 4 is 17.8 Å². The predicted molar refractivity (Wildman–Crippen MR) is 124 cm³/mol. The molecule has 0 saturated heterocycles. The molecule has 0 aromatic rings. The fraction of sp³-hybridized carbons (Fsp3) is 0.708. The van der Waals surface area contributed by atoms with Crippen molar-refractivity contribution in [2.75, 3.05) is 13.1 Å². The minimum absolute atomic E-state index is 0.127. The summed E-state index contributed by atoms with van der Waals surface area (Å²) in [6.45, 7) is 8.67. The van der Waals surface area contributed by atoms with E-state index >= 15 is 0 Å². The Bertz CT molecular complexity index is 775. The van der Waals surface area contributed by atoms with Gasteiger partial charge in [0.2, 0.25) is 5.91 Å². The first-order valence-electron chi connectivity index (χ1n) is 11.6. The molecule has 7 N–H and O–H groups in total. The van der Waals surface area contributed by atoms with Gasteiger partial charge in [0, 0.05) is 0 Å². The number of nitrogens with one attached hydrogen (secondary N) is 2. The highest BCUT2D eigenvalue weighted by molar-refractivity contribution is 5.85. The van der Waals surface area contributed by atoms with Gasteiger partial charge in [0.1, 0.15) is 0 Å². The van der Waals surface area contributed by atoms with Gasteiger partial charge in [0.25, 0.3) is 5.91 Å². The molecule has 180 valence electrons. The number of aliphatic carboxylic acids is 1. The molecule has 0 aliphatic heterocycles. The molecule has 1 saturated carbocycles. The summed E-state index contributed by atoms with van der Waals surface area (Å²) in [4.78, 5) is 32.7. The van der Waals surface area contributed by atoms with Gasteiger partial charge >= 0.3 is 5.97 Å². The van der Waals surface area contributed by atoms with Crippen molar-refractivity contribution in [1.82, 2.24) is 10.7 Å². The van der Waals surface area contributed by atoms with E-state index in [1.165, 1.54) is 24.8 Å². The van der Waals surface area contributed by atoms with E-state index in [1.807, 2.05) is 12.3 Å². The minimum Gasteiger partial charge on any atom is -0.481 e. The number of carboxylic acid groups (broad SMARTS) is 1. The SMILES string of the molecule is CC(C)C1=CC2=CC[C@@H]3[C@](C)(CCC[C@@]3(C)C(=O)O)[C@H]2CC1.NCC(=O)NCC(=O)NN. The Labute approximate surface area is 191 Å². The number of hydrogen-bond donors (Lipinski definition) is 5. The number of allylic oxidation sites excluding steroid dienone is 4. The van der Waals surface area contributed by atoms with Crippen molar-refractivity contribution < 1.29 is 19.5 Å². The van der Waals surface area contributed by atoms with Crippen LogP contribution < -0.4 is 22.3 Å². The average molecular weight is 449 g/mol. The number of carboxylic acids is 1. The molecule has 0 aromatic heterocycles. The number of carbonyl (C=O) groups excluding carboxylic acids is 2. The standard InChI is InChI=1S/C20H30O2.C4H10N4O2/c1-13(2)14-6-8-16-15(12-14)7-9-17-19(16,3)10-5-11-20(17,4)18(21)22;5-1-3(9)7-2-4(10)8-6/h7,12-13,16-17H,5-6,8-11H2,1-4H3,(H,21,22);1-2,5-6H2,(H,7,9)(H,8,10)/t16-,17+,19+,20+;/m0./s1. The number of amides is 2. The summed E-state index contributed by atoms with van der Waals surface area (Å²) in [5, 5.41) is 12.1. The largest absolute Gasteiger partial charge is 0.481 e. The molecule has 8 heteroatoms. The monoisotopic (exact) mass is 448 g/mol. The number of hydrogen-bond acceptors (Lipinski definition) is 5. The van der Waals surface area contributed by atoms with Crippen molar-refractivity contribution in [3.05, 3.63) is 23.3 Å². The Balaban J connectivity index is 0.000000309. The van der Waals surface area contributed by atoms with Gasteiger partial charge in [-0.1, -0.05) is 44.9 Å². The molecule has 0 heterocycles. The topological polar surface area (TPSA) is 148 Å². The van der Waals surface area contributed by atoms with Gasteiger partial charge in [-0.15, -0.1) is 0 Å². The lowest BCUT2D eigenvalue weighted by Crippen LogP contribution is -2.53. The van der Waals surface area contributed by atoms with Crippen LogP contribution in [-0.4, -0.2) is 36.0 Å². The van der Waals surface area contributed by atoms with E-state index in [1.54, 1.807) is 5.57 Å². The summed E-state index contributed by atoms with van der Waals surface area (Å²) in [6.07, 6.45) is 11.2. The predicted octanol–water partition coefficient (Wildman–Crippen LogP) is 2.26. The first-order valence-corrected chi connectivity index (χ1v) is 11.6. The maximum Gasteiger partial charge on any atom is 0.309 e. The molecule has 3 aliphatic rings. The summed E-state index contributed by atoms with van der Waals surface area (Å²) in [5.74, 6) is 4.76. The highest BCUT2D eigenvalue weighted by Gasteiger charge is 2.57. The first kappa shape index (κ1) is 26.1. The zero-order chi connectivity index (χ0) is 24.1. The second-order valence-electron chi connectivity index (χ2n) is 10.1. The van der Waals surface area contributed by atoms with Gasteiger partial charge in [-0.3, -0.25) is 19.8 Å². The van der Waals surface area contributed by atoms with Crippen LogP contribution in [0.4, 0.5) is 0 Å². The van der Waals surface area contributed by atoms with Crippen molar-refractivity contribution in [2.45, 2.75) is 66.2 Å². The van der Waals surface area contributed by atoms with Gasteiger partial charge in [-0.05, 0) is 67.8 Å². The number of nitrogens with two attached hydrogens (primary N) is 2. The molecule has 0 unspecified atom stereocenters. The maximum atomic E-state index is 11.9. The third kappa shape index (κ3) is 5.41. The summed E-state index contributed by atoms with van der Waals surface area (Å²) in [5.41, 5.74) is 9.47. The van der Waals surface area contributed by atoms with Gasteiger partial charge in [-0.2, -0.15) is 0 Å². The van der Waals surface area contributed by atoms with Crippen LogP contribution in [0.15, 0.2) is 23.3 Å². The summed E-state index contributed by atoms with van der Waals surface area (Å²) in [6, 6.07) is 0. The van der Waals surface area contributed by atoms with E-state index in [4.69, 9.17) is 11.6 Å². The summed E-state index contributed by atoms with van der Waals surface area (Å²) < 4.78 is 0. The lowest BCUT2D eigenvalue weighted by atomic mass is 9.47. The highest BCUT2D eigenvalue weighted by Crippen LogP contribution is 2.62. The van der Waals surface area contributed by atoms with Crippen molar-refractivity contribution in [2.24, 2.45) is 40.2 Å². The number of hydrazine groups is 1. The van der Waals surface area contributed by atoms with Crippen LogP contribution in [0.5, 0.6) is 0 Å². The Morgan fingerprint density at radius 3 is 2.47 bits per heavy atom. The molecule has 0 aromatic carbocycles. The minimum atomic E-state index is -0.588. The molecule has 8 nitrogen and oxygen atoms in total. The Morgan fingerprint density at radius 1 is 1.22 bits per heavy atom. The maximum absolute atomic E-state index is 11.9.